The third kappa shape index (κ3) is 3.19. The second-order valence-corrected chi connectivity index (χ2v) is 7.85. The SMILES string of the molecule is CC(C)Cc1nnc(NC(=O)CC2CC3CCC2C3)s1. The monoisotopic (exact) mass is 293 g/mol. The fourth-order valence-electron chi connectivity index (χ4n) is 3.77. The third-order valence-electron chi connectivity index (χ3n) is 4.63. The van der Waals surface area contributed by atoms with E-state index in [0.717, 1.165) is 23.3 Å². The van der Waals surface area contributed by atoms with Gasteiger partial charge in [-0.3, -0.25) is 4.79 Å². The fraction of sp³-hybridized carbons (Fsp3) is 0.800. The Hall–Kier alpha value is -0.970. The lowest BCUT2D eigenvalue weighted by Gasteiger charge is -2.20. The van der Waals surface area contributed by atoms with Crippen LogP contribution in [-0.2, 0) is 11.2 Å². The quantitative estimate of drug-likeness (QED) is 0.904. The number of rotatable bonds is 5. The number of hydrogen-bond donors (Lipinski definition) is 1. The minimum atomic E-state index is 0.120. The van der Waals surface area contributed by atoms with Crippen molar-refractivity contribution >= 4 is 22.4 Å². The predicted molar refractivity (Wildman–Crippen MR) is 80.6 cm³/mol. The van der Waals surface area contributed by atoms with Gasteiger partial charge in [0.1, 0.15) is 5.01 Å². The summed E-state index contributed by atoms with van der Waals surface area (Å²) >= 11 is 1.51. The number of aromatic nitrogens is 2. The van der Waals surface area contributed by atoms with E-state index in [2.05, 4.69) is 29.4 Å². The molecular weight excluding hydrogens is 270 g/mol. The molecule has 110 valence electrons. The maximum atomic E-state index is 12.1. The molecule has 5 heteroatoms. The molecule has 4 nitrogen and oxygen atoms in total. The van der Waals surface area contributed by atoms with Gasteiger partial charge in [-0.2, -0.15) is 0 Å². The summed E-state index contributed by atoms with van der Waals surface area (Å²) in [5.74, 6) is 3.00. The van der Waals surface area contributed by atoms with Gasteiger partial charge in [0.05, 0.1) is 0 Å². The third-order valence-corrected chi connectivity index (χ3v) is 5.49. The number of carbonyl (C=O) groups is 1. The average molecular weight is 293 g/mol. The van der Waals surface area contributed by atoms with E-state index in [9.17, 15) is 4.79 Å². The van der Waals surface area contributed by atoms with Crippen LogP contribution in [0.2, 0.25) is 0 Å². The Balaban J connectivity index is 1.50. The Morgan fingerprint density at radius 1 is 1.35 bits per heavy atom. The molecule has 0 spiro atoms. The number of anilines is 1. The zero-order valence-corrected chi connectivity index (χ0v) is 13.1. The summed E-state index contributed by atoms with van der Waals surface area (Å²) in [6, 6.07) is 0. The van der Waals surface area contributed by atoms with E-state index in [-0.39, 0.29) is 5.91 Å². The average Bonchev–Trinajstić information content (AvgIpc) is 3.05. The summed E-state index contributed by atoms with van der Waals surface area (Å²) < 4.78 is 0. The molecule has 20 heavy (non-hydrogen) atoms. The first-order valence-corrected chi connectivity index (χ1v) is 8.54. The molecule has 0 aromatic carbocycles. The van der Waals surface area contributed by atoms with Gasteiger partial charge < -0.3 is 5.32 Å². The molecule has 1 aromatic rings. The van der Waals surface area contributed by atoms with Crippen molar-refractivity contribution in [2.75, 3.05) is 5.32 Å². The Kier molecular flexibility index (Phi) is 4.06. The van der Waals surface area contributed by atoms with Crippen LogP contribution in [0.15, 0.2) is 0 Å². The summed E-state index contributed by atoms with van der Waals surface area (Å²) in [6.07, 6.45) is 6.93. The summed E-state index contributed by atoms with van der Waals surface area (Å²) in [5, 5.41) is 12.8. The summed E-state index contributed by atoms with van der Waals surface area (Å²) in [4.78, 5) is 12.1. The maximum Gasteiger partial charge on any atom is 0.226 e. The highest BCUT2D eigenvalue weighted by Crippen LogP contribution is 2.49. The van der Waals surface area contributed by atoms with E-state index in [1.807, 2.05) is 0 Å². The van der Waals surface area contributed by atoms with Crippen molar-refractivity contribution in [1.82, 2.24) is 10.2 Å². The van der Waals surface area contributed by atoms with Gasteiger partial charge in [-0.25, -0.2) is 0 Å². The molecule has 2 fully saturated rings. The largest absolute Gasteiger partial charge is 0.301 e. The first-order chi connectivity index (χ1) is 9.60. The van der Waals surface area contributed by atoms with E-state index in [1.54, 1.807) is 0 Å². The van der Waals surface area contributed by atoms with Gasteiger partial charge in [-0.05, 0) is 42.9 Å². The number of fused-ring (bicyclic) bond motifs is 2. The molecule has 2 bridgehead atoms. The Morgan fingerprint density at radius 2 is 2.20 bits per heavy atom. The highest BCUT2D eigenvalue weighted by Gasteiger charge is 2.40. The molecule has 1 amide bonds. The second kappa shape index (κ2) is 5.80. The van der Waals surface area contributed by atoms with Crippen LogP contribution in [0.4, 0.5) is 5.13 Å². The molecule has 0 aliphatic heterocycles. The van der Waals surface area contributed by atoms with Gasteiger partial charge in [0, 0.05) is 12.8 Å². The lowest BCUT2D eigenvalue weighted by atomic mass is 9.86. The Labute approximate surface area is 124 Å². The van der Waals surface area contributed by atoms with Crippen molar-refractivity contribution in [1.29, 1.82) is 0 Å². The van der Waals surface area contributed by atoms with Crippen LogP contribution < -0.4 is 5.32 Å². The van der Waals surface area contributed by atoms with Gasteiger partial charge in [-0.1, -0.05) is 31.6 Å². The zero-order chi connectivity index (χ0) is 14.1. The normalized spacial score (nSPS) is 28.2. The van der Waals surface area contributed by atoms with Gasteiger partial charge in [0.25, 0.3) is 0 Å². The summed E-state index contributed by atoms with van der Waals surface area (Å²) in [5.41, 5.74) is 0. The Bertz CT molecular complexity index is 485. The number of nitrogens with one attached hydrogen (secondary N) is 1. The second-order valence-electron chi connectivity index (χ2n) is 6.79. The van der Waals surface area contributed by atoms with E-state index in [1.165, 1.54) is 37.0 Å². The van der Waals surface area contributed by atoms with Gasteiger partial charge in [0.2, 0.25) is 11.0 Å². The fourth-order valence-corrected chi connectivity index (χ4v) is 4.74. The van der Waals surface area contributed by atoms with Gasteiger partial charge in [0.15, 0.2) is 0 Å². The minimum Gasteiger partial charge on any atom is -0.301 e. The molecule has 3 rings (SSSR count). The molecule has 0 saturated heterocycles. The van der Waals surface area contributed by atoms with Crippen LogP contribution in [0.3, 0.4) is 0 Å². The molecule has 0 radical (unpaired) electrons. The first-order valence-electron chi connectivity index (χ1n) is 7.72. The van der Waals surface area contributed by atoms with E-state index < -0.39 is 0 Å². The number of hydrogen-bond acceptors (Lipinski definition) is 4. The van der Waals surface area contributed by atoms with Crippen LogP contribution >= 0.6 is 11.3 Å². The van der Waals surface area contributed by atoms with E-state index >= 15 is 0 Å². The molecule has 3 atom stereocenters. The van der Waals surface area contributed by atoms with Crippen molar-refractivity contribution in [2.24, 2.45) is 23.7 Å². The van der Waals surface area contributed by atoms with E-state index in [0.29, 0.717) is 23.4 Å². The Morgan fingerprint density at radius 3 is 2.85 bits per heavy atom. The molecule has 2 aliphatic carbocycles. The van der Waals surface area contributed by atoms with Crippen molar-refractivity contribution in [3.8, 4) is 0 Å². The van der Waals surface area contributed by atoms with Gasteiger partial charge in [-0.15, -0.1) is 10.2 Å². The lowest BCUT2D eigenvalue weighted by molar-refractivity contribution is -0.117. The highest BCUT2D eigenvalue weighted by molar-refractivity contribution is 7.15. The highest BCUT2D eigenvalue weighted by atomic mass is 32.1. The summed E-state index contributed by atoms with van der Waals surface area (Å²) in [6.45, 7) is 4.32. The number of carbonyl (C=O) groups excluding carboxylic acids is 1. The molecule has 2 aliphatic rings. The molecule has 1 heterocycles. The number of nitrogens with zero attached hydrogens (tertiary/aromatic N) is 2. The molecule has 3 unspecified atom stereocenters. The van der Waals surface area contributed by atoms with Crippen LogP contribution in [0.1, 0.15) is 51.0 Å². The standard InChI is InChI=1S/C15H23N3OS/c1-9(2)5-14-17-18-15(20-14)16-13(19)8-12-7-10-3-4-11(12)6-10/h9-12H,3-8H2,1-2H3,(H,16,18,19). The maximum absolute atomic E-state index is 12.1. The molecule has 1 aromatic heterocycles. The molecule has 1 N–H and O–H groups in total. The zero-order valence-electron chi connectivity index (χ0n) is 12.3. The van der Waals surface area contributed by atoms with Crippen LogP contribution in [0, 0.1) is 23.7 Å². The van der Waals surface area contributed by atoms with Crippen LogP contribution in [0.25, 0.3) is 0 Å². The predicted octanol–water partition coefficient (Wildman–Crippen LogP) is 3.50. The number of amides is 1. The van der Waals surface area contributed by atoms with Crippen LogP contribution in [0.5, 0.6) is 0 Å². The van der Waals surface area contributed by atoms with Crippen molar-refractivity contribution < 1.29 is 4.79 Å². The van der Waals surface area contributed by atoms with E-state index in [4.69, 9.17) is 0 Å². The molecular formula is C15H23N3OS. The topological polar surface area (TPSA) is 54.9 Å². The van der Waals surface area contributed by atoms with Crippen molar-refractivity contribution in [2.45, 2.75) is 52.4 Å². The lowest BCUT2D eigenvalue weighted by Crippen LogP contribution is -2.20. The minimum absolute atomic E-state index is 0.120. The van der Waals surface area contributed by atoms with Crippen molar-refractivity contribution in [3.63, 3.8) is 0 Å². The van der Waals surface area contributed by atoms with Gasteiger partial charge >= 0.3 is 0 Å². The smallest absolute Gasteiger partial charge is 0.226 e. The molecule has 2 saturated carbocycles. The summed E-state index contributed by atoms with van der Waals surface area (Å²) in [7, 11) is 0. The van der Waals surface area contributed by atoms with Crippen LogP contribution in [-0.4, -0.2) is 16.1 Å². The first kappa shape index (κ1) is 14.0. The van der Waals surface area contributed by atoms with Crippen molar-refractivity contribution in [3.05, 3.63) is 5.01 Å².